The molecule has 0 radical (unpaired) electrons. The summed E-state index contributed by atoms with van der Waals surface area (Å²) in [4.78, 5) is 6.11. The highest BCUT2D eigenvalue weighted by Crippen LogP contribution is 2.23. The molecule has 5 nitrogen and oxygen atoms in total. The monoisotopic (exact) mass is 270 g/mol. The summed E-state index contributed by atoms with van der Waals surface area (Å²) in [5.41, 5.74) is 1.49. The number of aromatic nitrogens is 1. The summed E-state index contributed by atoms with van der Waals surface area (Å²) >= 11 is 0. The third-order valence-electron chi connectivity index (χ3n) is 3.36. The van der Waals surface area contributed by atoms with Crippen LogP contribution in [0.1, 0.15) is 25.1 Å². The van der Waals surface area contributed by atoms with Gasteiger partial charge in [0.15, 0.2) is 9.84 Å². The maximum atomic E-state index is 11.4. The smallest absolute Gasteiger partial charge is 0.152 e. The summed E-state index contributed by atoms with van der Waals surface area (Å²) < 4.78 is 22.9. The Morgan fingerprint density at radius 2 is 2.22 bits per heavy atom. The van der Waals surface area contributed by atoms with E-state index in [2.05, 4.69) is 4.98 Å². The van der Waals surface area contributed by atoms with E-state index in [0.717, 1.165) is 5.69 Å². The van der Waals surface area contributed by atoms with Gasteiger partial charge in [0.25, 0.3) is 0 Å². The van der Waals surface area contributed by atoms with Gasteiger partial charge in [-0.2, -0.15) is 0 Å². The van der Waals surface area contributed by atoms with E-state index in [-0.39, 0.29) is 17.5 Å². The second-order valence-corrected chi connectivity index (χ2v) is 7.01. The SMILES string of the molecule is C[C@H](O)c1ccc(N(C)C2CCS(=O)(=O)C2)cn1. The number of sulfone groups is 1. The lowest BCUT2D eigenvalue weighted by atomic mass is 10.2. The Kier molecular flexibility index (Phi) is 3.59. The molecular weight excluding hydrogens is 252 g/mol. The molecule has 2 atom stereocenters. The van der Waals surface area contributed by atoms with Crippen LogP contribution < -0.4 is 4.90 Å². The summed E-state index contributed by atoms with van der Waals surface area (Å²) in [5.74, 6) is 0.475. The van der Waals surface area contributed by atoms with Crippen LogP contribution in [0.3, 0.4) is 0 Å². The number of nitrogens with zero attached hydrogens (tertiary/aromatic N) is 2. The van der Waals surface area contributed by atoms with Gasteiger partial charge in [-0.1, -0.05) is 0 Å². The van der Waals surface area contributed by atoms with Crippen molar-refractivity contribution in [2.24, 2.45) is 0 Å². The minimum atomic E-state index is -2.87. The Morgan fingerprint density at radius 3 is 2.67 bits per heavy atom. The normalized spacial score (nSPS) is 23.8. The molecule has 0 bridgehead atoms. The van der Waals surface area contributed by atoms with Crippen LogP contribution in [-0.2, 0) is 9.84 Å². The van der Waals surface area contributed by atoms with Crippen molar-refractivity contribution in [3.8, 4) is 0 Å². The van der Waals surface area contributed by atoms with Crippen LogP contribution in [0.2, 0.25) is 0 Å². The fourth-order valence-corrected chi connectivity index (χ4v) is 3.92. The summed E-state index contributed by atoms with van der Waals surface area (Å²) in [6, 6.07) is 3.65. The minimum Gasteiger partial charge on any atom is -0.387 e. The Labute approximate surface area is 107 Å². The first kappa shape index (κ1) is 13.3. The van der Waals surface area contributed by atoms with Crippen molar-refractivity contribution in [3.63, 3.8) is 0 Å². The Hall–Kier alpha value is -1.14. The van der Waals surface area contributed by atoms with Gasteiger partial charge >= 0.3 is 0 Å². The van der Waals surface area contributed by atoms with E-state index in [0.29, 0.717) is 12.1 Å². The predicted molar refractivity (Wildman–Crippen MR) is 70.3 cm³/mol. The molecule has 1 aromatic heterocycles. The molecule has 0 amide bonds. The van der Waals surface area contributed by atoms with Gasteiger partial charge < -0.3 is 10.0 Å². The molecule has 6 heteroatoms. The van der Waals surface area contributed by atoms with Gasteiger partial charge in [-0.3, -0.25) is 4.98 Å². The van der Waals surface area contributed by atoms with Gasteiger partial charge in [0.2, 0.25) is 0 Å². The molecule has 0 aliphatic carbocycles. The van der Waals surface area contributed by atoms with E-state index in [9.17, 15) is 13.5 Å². The largest absolute Gasteiger partial charge is 0.387 e. The zero-order valence-electron chi connectivity index (χ0n) is 10.6. The first-order chi connectivity index (χ1) is 8.39. The van der Waals surface area contributed by atoms with Gasteiger partial charge in [0.05, 0.1) is 35.2 Å². The summed E-state index contributed by atoms with van der Waals surface area (Å²) in [6.07, 6.45) is 1.75. The van der Waals surface area contributed by atoms with E-state index in [1.54, 1.807) is 19.2 Å². The summed E-state index contributed by atoms with van der Waals surface area (Å²) in [6.45, 7) is 1.66. The number of pyridine rings is 1. The molecule has 1 aliphatic rings. The molecule has 0 spiro atoms. The fraction of sp³-hybridized carbons (Fsp3) is 0.583. The van der Waals surface area contributed by atoms with Gasteiger partial charge in [0.1, 0.15) is 0 Å². The lowest BCUT2D eigenvalue weighted by molar-refractivity contribution is 0.194. The van der Waals surface area contributed by atoms with Crippen LogP contribution in [0.25, 0.3) is 0 Å². The van der Waals surface area contributed by atoms with Gasteiger partial charge in [0, 0.05) is 13.1 Å². The average molecular weight is 270 g/mol. The maximum Gasteiger partial charge on any atom is 0.152 e. The van der Waals surface area contributed by atoms with E-state index in [4.69, 9.17) is 0 Å². The van der Waals surface area contributed by atoms with E-state index in [1.165, 1.54) is 0 Å². The zero-order valence-corrected chi connectivity index (χ0v) is 11.4. The summed E-state index contributed by atoms with van der Waals surface area (Å²) in [5, 5.41) is 9.38. The lowest BCUT2D eigenvalue weighted by Crippen LogP contribution is -2.32. The van der Waals surface area contributed by atoms with Crippen molar-refractivity contribution in [2.75, 3.05) is 23.5 Å². The molecule has 1 unspecified atom stereocenters. The molecule has 1 aromatic rings. The quantitative estimate of drug-likeness (QED) is 0.878. The molecular formula is C12H18N2O3S. The average Bonchev–Trinajstić information content (AvgIpc) is 2.69. The van der Waals surface area contributed by atoms with Gasteiger partial charge in [-0.25, -0.2) is 8.42 Å². The molecule has 1 N–H and O–H groups in total. The highest BCUT2D eigenvalue weighted by molar-refractivity contribution is 7.91. The van der Waals surface area contributed by atoms with Crippen molar-refractivity contribution in [3.05, 3.63) is 24.0 Å². The second kappa shape index (κ2) is 4.85. The Morgan fingerprint density at radius 1 is 1.50 bits per heavy atom. The van der Waals surface area contributed by atoms with Crippen molar-refractivity contribution < 1.29 is 13.5 Å². The summed E-state index contributed by atoms with van der Waals surface area (Å²) in [7, 11) is -0.993. The van der Waals surface area contributed by atoms with Crippen molar-refractivity contribution >= 4 is 15.5 Å². The number of hydrogen-bond donors (Lipinski definition) is 1. The Balaban J connectivity index is 2.12. The van der Waals surface area contributed by atoms with Crippen LogP contribution in [0, 0.1) is 0 Å². The highest BCUT2D eigenvalue weighted by atomic mass is 32.2. The minimum absolute atomic E-state index is 0.0224. The van der Waals surface area contributed by atoms with Gasteiger partial charge in [-0.05, 0) is 25.5 Å². The van der Waals surface area contributed by atoms with Crippen molar-refractivity contribution in [1.82, 2.24) is 4.98 Å². The first-order valence-corrected chi connectivity index (χ1v) is 7.78. The van der Waals surface area contributed by atoms with Crippen LogP contribution >= 0.6 is 0 Å². The topological polar surface area (TPSA) is 70.5 Å². The van der Waals surface area contributed by atoms with Crippen LogP contribution in [0.15, 0.2) is 18.3 Å². The van der Waals surface area contributed by atoms with Crippen LogP contribution in [-0.4, -0.2) is 43.1 Å². The molecule has 1 aliphatic heterocycles. The predicted octanol–water partition coefficient (Wildman–Crippen LogP) is 0.758. The number of hydrogen-bond acceptors (Lipinski definition) is 5. The molecule has 100 valence electrons. The van der Waals surface area contributed by atoms with E-state index in [1.807, 2.05) is 18.0 Å². The molecule has 18 heavy (non-hydrogen) atoms. The molecule has 1 saturated heterocycles. The van der Waals surface area contributed by atoms with E-state index < -0.39 is 15.9 Å². The fourth-order valence-electron chi connectivity index (χ4n) is 2.14. The number of aliphatic hydroxyl groups excluding tert-OH is 1. The molecule has 2 heterocycles. The highest BCUT2D eigenvalue weighted by Gasteiger charge is 2.30. The van der Waals surface area contributed by atoms with Gasteiger partial charge in [-0.15, -0.1) is 0 Å². The van der Waals surface area contributed by atoms with Crippen molar-refractivity contribution in [1.29, 1.82) is 0 Å². The standard InChI is InChI=1S/C12H18N2O3S/c1-9(15)12-4-3-10(7-13-12)14(2)11-5-6-18(16,17)8-11/h3-4,7,9,11,15H,5-6,8H2,1-2H3/t9-,11?/m0/s1. The molecule has 0 saturated carbocycles. The third-order valence-corrected chi connectivity index (χ3v) is 5.11. The van der Waals surface area contributed by atoms with Crippen LogP contribution in [0.4, 0.5) is 5.69 Å². The number of anilines is 1. The molecule has 0 aromatic carbocycles. The number of aliphatic hydroxyl groups is 1. The maximum absolute atomic E-state index is 11.4. The number of rotatable bonds is 3. The second-order valence-electron chi connectivity index (χ2n) is 4.79. The lowest BCUT2D eigenvalue weighted by Gasteiger charge is -2.25. The molecule has 2 rings (SSSR count). The molecule has 1 fully saturated rings. The first-order valence-electron chi connectivity index (χ1n) is 5.96. The zero-order chi connectivity index (χ0) is 13.3. The van der Waals surface area contributed by atoms with Crippen LogP contribution in [0.5, 0.6) is 0 Å². The van der Waals surface area contributed by atoms with E-state index >= 15 is 0 Å². The van der Waals surface area contributed by atoms with Crippen molar-refractivity contribution in [2.45, 2.75) is 25.5 Å². The third kappa shape index (κ3) is 2.81. The Bertz CT molecular complexity index is 511.